The van der Waals surface area contributed by atoms with Crippen LogP contribution in [-0.2, 0) is 0 Å². The molecule has 0 amide bonds. The summed E-state index contributed by atoms with van der Waals surface area (Å²) >= 11 is 5.61. The summed E-state index contributed by atoms with van der Waals surface area (Å²) in [5, 5.41) is 10.8. The van der Waals surface area contributed by atoms with E-state index in [9.17, 15) is 0 Å². The summed E-state index contributed by atoms with van der Waals surface area (Å²) in [6.07, 6.45) is 1.49. The Morgan fingerprint density at radius 3 is 2.67 bits per heavy atom. The summed E-state index contributed by atoms with van der Waals surface area (Å²) in [4.78, 5) is 6.61. The largest absolute Gasteiger partial charge is 0.341 e. The predicted molar refractivity (Wildman–Crippen MR) is 49.0 cm³/mol. The van der Waals surface area contributed by atoms with Crippen molar-refractivity contribution in [2.45, 2.75) is 0 Å². The van der Waals surface area contributed by atoms with Crippen LogP contribution in [0.25, 0.3) is 11.2 Å². The van der Waals surface area contributed by atoms with Gasteiger partial charge in [-0.15, -0.1) is 35.0 Å². The van der Waals surface area contributed by atoms with E-state index in [-0.39, 0.29) is 24.8 Å². The number of fused-ring (bicyclic) bond motifs is 1. The van der Waals surface area contributed by atoms with Crippen LogP contribution < -0.4 is 0 Å². The molecule has 0 spiro atoms. The zero-order valence-electron chi connectivity index (χ0n) is 5.56. The maximum Gasteiger partial charge on any atom is 0.204 e. The number of aromatic nitrogens is 5. The molecule has 0 radical (unpaired) electrons. The van der Waals surface area contributed by atoms with Gasteiger partial charge < -0.3 is 4.98 Å². The third-order valence-electron chi connectivity index (χ3n) is 1.10. The lowest BCUT2D eigenvalue weighted by Crippen LogP contribution is -1.87. The fraction of sp³-hybridized carbons (Fsp3) is 0. The number of hydrogen-bond donors (Lipinski definition) is 1. The second kappa shape index (κ2) is 4.39. The summed E-state index contributed by atoms with van der Waals surface area (Å²) in [7, 11) is 0. The predicted octanol–water partition coefficient (Wildman–Crippen LogP) is 1.24. The van der Waals surface area contributed by atoms with Gasteiger partial charge in [0.2, 0.25) is 5.65 Å². The lowest BCUT2D eigenvalue weighted by Gasteiger charge is -1.84. The van der Waals surface area contributed by atoms with Crippen molar-refractivity contribution in [1.82, 2.24) is 25.4 Å². The number of imidazole rings is 1. The molecule has 0 fully saturated rings. The number of H-pyrrole nitrogens is 1. The van der Waals surface area contributed by atoms with Crippen molar-refractivity contribution in [2.75, 3.05) is 0 Å². The molecular formula is C4H4Cl3N5. The van der Waals surface area contributed by atoms with Gasteiger partial charge in [0.05, 0.1) is 6.33 Å². The standard InChI is InChI=1S/C4H2ClN5.2ClH/c5-3-2-4(7-1-6-2)9-10-8-3;;/h1H,(H,6,7,8,9);2*1H. The number of rotatable bonds is 0. The van der Waals surface area contributed by atoms with Crippen molar-refractivity contribution in [3.63, 3.8) is 0 Å². The monoisotopic (exact) mass is 227 g/mol. The highest BCUT2D eigenvalue weighted by Crippen LogP contribution is 2.12. The zero-order chi connectivity index (χ0) is 6.97. The number of halogens is 3. The molecule has 0 aliphatic carbocycles. The molecule has 0 unspecified atom stereocenters. The Bertz CT molecular complexity index is 360. The van der Waals surface area contributed by atoms with Gasteiger partial charge in [-0.05, 0) is 5.21 Å². The lowest BCUT2D eigenvalue weighted by atomic mass is 10.6. The third-order valence-corrected chi connectivity index (χ3v) is 1.36. The Labute approximate surface area is 84.7 Å². The van der Waals surface area contributed by atoms with Crippen LogP contribution in [0.5, 0.6) is 0 Å². The molecule has 2 aromatic rings. The summed E-state index contributed by atoms with van der Waals surface area (Å²) in [5.74, 6) is 0. The van der Waals surface area contributed by atoms with E-state index in [1.165, 1.54) is 6.33 Å². The van der Waals surface area contributed by atoms with Crippen LogP contribution in [0, 0.1) is 0 Å². The van der Waals surface area contributed by atoms with Gasteiger partial charge >= 0.3 is 0 Å². The number of nitrogens with zero attached hydrogens (tertiary/aromatic N) is 4. The van der Waals surface area contributed by atoms with E-state index in [0.717, 1.165) is 0 Å². The van der Waals surface area contributed by atoms with Gasteiger partial charge in [-0.2, -0.15) is 0 Å². The van der Waals surface area contributed by atoms with Crippen molar-refractivity contribution in [3.8, 4) is 0 Å². The van der Waals surface area contributed by atoms with Crippen LogP contribution in [0.1, 0.15) is 0 Å². The van der Waals surface area contributed by atoms with Crippen LogP contribution >= 0.6 is 36.4 Å². The normalized spacial score (nSPS) is 8.75. The van der Waals surface area contributed by atoms with Crippen molar-refractivity contribution < 1.29 is 0 Å². The van der Waals surface area contributed by atoms with E-state index in [0.29, 0.717) is 16.3 Å². The minimum absolute atomic E-state index is 0. The van der Waals surface area contributed by atoms with E-state index < -0.39 is 0 Å². The summed E-state index contributed by atoms with van der Waals surface area (Å²) in [5.41, 5.74) is 1.11. The quantitative estimate of drug-likeness (QED) is 0.737. The van der Waals surface area contributed by atoms with Gasteiger partial charge in [0, 0.05) is 0 Å². The Kier molecular flexibility index (Phi) is 4.16. The highest BCUT2D eigenvalue weighted by atomic mass is 35.5. The molecule has 0 saturated carbocycles. The van der Waals surface area contributed by atoms with E-state index in [1.54, 1.807) is 0 Å². The van der Waals surface area contributed by atoms with Gasteiger partial charge in [0.15, 0.2) is 5.15 Å². The fourth-order valence-electron chi connectivity index (χ4n) is 0.669. The topological polar surface area (TPSA) is 67.3 Å². The molecule has 66 valence electrons. The maximum absolute atomic E-state index is 5.61. The smallest absolute Gasteiger partial charge is 0.204 e. The molecular weight excluding hydrogens is 224 g/mol. The van der Waals surface area contributed by atoms with E-state index >= 15 is 0 Å². The minimum Gasteiger partial charge on any atom is -0.341 e. The number of aromatic amines is 1. The molecule has 2 rings (SSSR count). The molecule has 2 heterocycles. The Morgan fingerprint density at radius 1 is 1.25 bits per heavy atom. The maximum atomic E-state index is 5.61. The molecule has 1 N–H and O–H groups in total. The summed E-state index contributed by atoms with van der Waals surface area (Å²) < 4.78 is 0. The van der Waals surface area contributed by atoms with Gasteiger partial charge in [0.25, 0.3) is 0 Å². The number of nitrogens with one attached hydrogen (secondary N) is 1. The molecule has 5 nitrogen and oxygen atoms in total. The Balaban J connectivity index is 0.000000605. The summed E-state index contributed by atoms with van der Waals surface area (Å²) in [6.45, 7) is 0. The van der Waals surface area contributed by atoms with Gasteiger partial charge in [-0.25, -0.2) is 4.98 Å². The van der Waals surface area contributed by atoms with Crippen LogP contribution in [0.2, 0.25) is 5.15 Å². The van der Waals surface area contributed by atoms with Crippen molar-refractivity contribution in [1.29, 1.82) is 0 Å². The van der Waals surface area contributed by atoms with Gasteiger partial charge in [-0.3, -0.25) is 0 Å². The second-order valence-electron chi connectivity index (χ2n) is 1.68. The minimum atomic E-state index is 0. The van der Waals surface area contributed by atoms with Crippen LogP contribution in [0.4, 0.5) is 0 Å². The first-order valence-corrected chi connectivity index (χ1v) is 2.93. The average Bonchev–Trinajstić information content (AvgIpc) is 2.36. The van der Waals surface area contributed by atoms with Crippen LogP contribution in [0.15, 0.2) is 6.33 Å². The number of hydrogen-bond acceptors (Lipinski definition) is 4. The molecule has 8 heteroatoms. The Morgan fingerprint density at radius 2 is 2.00 bits per heavy atom. The van der Waals surface area contributed by atoms with Gasteiger partial charge in [-0.1, -0.05) is 11.6 Å². The average molecular weight is 228 g/mol. The molecule has 0 aliphatic rings. The SMILES string of the molecule is Cl.Cl.Clc1nnnc2nc[nH]c12. The molecule has 0 aromatic carbocycles. The molecule has 2 aromatic heterocycles. The third kappa shape index (κ3) is 1.74. The van der Waals surface area contributed by atoms with E-state index in [2.05, 4.69) is 25.4 Å². The Hall–Kier alpha value is -0.650. The molecule has 0 bridgehead atoms. The van der Waals surface area contributed by atoms with E-state index in [4.69, 9.17) is 11.6 Å². The highest BCUT2D eigenvalue weighted by molar-refractivity contribution is 6.33. The first-order valence-electron chi connectivity index (χ1n) is 2.56. The lowest BCUT2D eigenvalue weighted by molar-refractivity contribution is 0.889. The van der Waals surface area contributed by atoms with Crippen LogP contribution in [0.3, 0.4) is 0 Å². The van der Waals surface area contributed by atoms with Gasteiger partial charge in [0.1, 0.15) is 5.52 Å². The first-order chi connectivity index (χ1) is 4.88. The van der Waals surface area contributed by atoms with Crippen molar-refractivity contribution in [2.24, 2.45) is 0 Å². The second-order valence-corrected chi connectivity index (χ2v) is 2.04. The van der Waals surface area contributed by atoms with E-state index in [1.807, 2.05) is 0 Å². The fourth-order valence-corrected chi connectivity index (χ4v) is 0.842. The molecule has 0 atom stereocenters. The zero-order valence-corrected chi connectivity index (χ0v) is 7.95. The highest BCUT2D eigenvalue weighted by Gasteiger charge is 2.01. The van der Waals surface area contributed by atoms with Crippen LogP contribution in [-0.4, -0.2) is 25.4 Å². The summed E-state index contributed by atoms with van der Waals surface area (Å²) in [6, 6.07) is 0. The van der Waals surface area contributed by atoms with Crippen molar-refractivity contribution >= 4 is 47.6 Å². The molecule has 0 saturated heterocycles. The molecule has 0 aliphatic heterocycles. The van der Waals surface area contributed by atoms with Crippen molar-refractivity contribution in [3.05, 3.63) is 11.5 Å². The first kappa shape index (κ1) is 11.4. The molecule has 12 heavy (non-hydrogen) atoms.